The molecule has 0 saturated heterocycles. The number of nitrogens with one attached hydrogen (secondary N) is 2. The lowest BCUT2D eigenvalue weighted by Gasteiger charge is -2.25. The van der Waals surface area contributed by atoms with E-state index in [2.05, 4.69) is 15.3 Å². The van der Waals surface area contributed by atoms with E-state index in [1.807, 2.05) is 24.3 Å². The number of hydrogen-bond acceptors (Lipinski definition) is 2. The molecule has 1 heterocycles. The second-order valence-electron chi connectivity index (χ2n) is 4.70. The lowest BCUT2D eigenvalue weighted by molar-refractivity contribution is 0.467. The van der Waals surface area contributed by atoms with Gasteiger partial charge in [0.25, 0.3) is 0 Å². The van der Waals surface area contributed by atoms with Gasteiger partial charge >= 0.3 is 0 Å². The molecule has 0 spiro atoms. The summed E-state index contributed by atoms with van der Waals surface area (Å²) in [5, 5.41) is 3.83. The second kappa shape index (κ2) is 4.57. The average molecular weight is 250 g/mol. The number of aromatic amines is 1. The van der Waals surface area contributed by atoms with Gasteiger partial charge in [0.05, 0.1) is 11.0 Å². The molecule has 1 aromatic heterocycles. The van der Waals surface area contributed by atoms with E-state index in [0.29, 0.717) is 11.4 Å². The molecule has 1 aromatic carbocycles. The summed E-state index contributed by atoms with van der Waals surface area (Å²) in [6.45, 7) is 0. The van der Waals surface area contributed by atoms with Gasteiger partial charge in [-0.05, 0) is 37.8 Å². The van der Waals surface area contributed by atoms with Crippen molar-refractivity contribution in [1.82, 2.24) is 9.97 Å². The van der Waals surface area contributed by atoms with Crippen LogP contribution >= 0.6 is 11.6 Å². The van der Waals surface area contributed by atoms with E-state index in [0.717, 1.165) is 42.7 Å². The van der Waals surface area contributed by atoms with Gasteiger partial charge in [-0.2, -0.15) is 0 Å². The summed E-state index contributed by atoms with van der Waals surface area (Å²) in [5.74, 6) is 0.879. The molecular weight excluding hydrogens is 234 g/mol. The van der Waals surface area contributed by atoms with Crippen molar-refractivity contribution in [2.75, 3.05) is 5.32 Å². The summed E-state index contributed by atoms with van der Waals surface area (Å²) in [6, 6.07) is 8.59. The maximum Gasteiger partial charge on any atom is 0.201 e. The number of rotatable bonds is 2. The Morgan fingerprint density at radius 2 is 1.94 bits per heavy atom. The predicted octanol–water partition coefficient (Wildman–Crippen LogP) is 3.52. The van der Waals surface area contributed by atoms with Gasteiger partial charge in [-0.3, -0.25) is 0 Å². The molecule has 0 amide bonds. The fourth-order valence-corrected chi connectivity index (χ4v) is 2.66. The van der Waals surface area contributed by atoms with Crippen LogP contribution in [0.2, 0.25) is 0 Å². The van der Waals surface area contributed by atoms with Crippen LogP contribution in [0.3, 0.4) is 0 Å². The monoisotopic (exact) mass is 249 g/mol. The Bertz CT molecular complexity index is 467. The normalized spacial score (nSPS) is 25.0. The molecule has 4 heteroatoms. The highest BCUT2D eigenvalue weighted by Gasteiger charge is 2.19. The first kappa shape index (κ1) is 10.9. The van der Waals surface area contributed by atoms with Crippen LogP contribution in [-0.4, -0.2) is 21.4 Å². The summed E-state index contributed by atoms with van der Waals surface area (Å²) in [6.07, 6.45) is 4.45. The highest BCUT2D eigenvalue weighted by atomic mass is 35.5. The van der Waals surface area contributed by atoms with Crippen LogP contribution in [0.1, 0.15) is 25.7 Å². The first-order valence-electron chi connectivity index (χ1n) is 6.16. The van der Waals surface area contributed by atoms with E-state index in [-0.39, 0.29) is 0 Å². The third-order valence-electron chi connectivity index (χ3n) is 3.39. The van der Waals surface area contributed by atoms with Crippen molar-refractivity contribution in [1.29, 1.82) is 0 Å². The van der Waals surface area contributed by atoms with Crippen LogP contribution in [-0.2, 0) is 0 Å². The minimum Gasteiger partial charge on any atom is -0.353 e. The Labute approximate surface area is 106 Å². The molecule has 2 N–H and O–H groups in total. The quantitative estimate of drug-likeness (QED) is 0.800. The summed E-state index contributed by atoms with van der Waals surface area (Å²) in [5.41, 5.74) is 2.10. The lowest BCUT2D eigenvalue weighted by Crippen LogP contribution is -2.26. The van der Waals surface area contributed by atoms with Crippen molar-refractivity contribution in [3.63, 3.8) is 0 Å². The molecule has 0 bridgehead atoms. The van der Waals surface area contributed by atoms with Gasteiger partial charge in [0.2, 0.25) is 5.95 Å². The van der Waals surface area contributed by atoms with Crippen molar-refractivity contribution >= 4 is 28.6 Å². The van der Waals surface area contributed by atoms with Crippen LogP contribution < -0.4 is 5.32 Å². The number of aromatic nitrogens is 2. The van der Waals surface area contributed by atoms with Gasteiger partial charge in [-0.1, -0.05) is 12.1 Å². The van der Waals surface area contributed by atoms with Crippen molar-refractivity contribution in [2.45, 2.75) is 37.1 Å². The number of nitrogens with zero attached hydrogens (tertiary/aromatic N) is 1. The van der Waals surface area contributed by atoms with Gasteiger partial charge in [-0.25, -0.2) is 4.98 Å². The average Bonchev–Trinajstić information content (AvgIpc) is 2.74. The largest absolute Gasteiger partial charge is 0.353 e. The van der Waals surface area contributed by atoms with Crippen molar-refractivity contribution in [2.24, 2.45) is 0 Å². The number of anilines is 1. The molecule has 0 radical (unpaired) electrons. The van der Waals surface area contributed by atoms with E-state index in [4.69, 9.17) is 11.6 Å². The van der Waals surface area contributed by atoms with Crippen LogP contribution in [0.25, 0.3) is 11.0 Å². The molecule has 3 nitrogen and oxygen atoms in total. The van der Waals surface area contributed by atoms with E-state index >= 15 is 0 Å². The second-order valence-corrected chi connectivity index (χ2v) is 5.31. The molecule has 1 aliphatic rings. The highest BCUT2D eigenvalue weighted by Crippen LogP contribution is 2.25. The molecule has 1 aliphatic carbocycles. The molecule has 0 aliphatic heterocycles. The standard InChI is InChI=1S/C13H16ClN3/c14-9-5-7-10(8-6-9)15-13-16-11-3-1-2-4-12(11)17-13/h1-4,9-10H,5-8H2,(H2,15,16,17). The first-order valence-corrected chi connectivity index (χ1v) is 6.60. The summed E-state index contributed by atoms with van der Waals surface area (Å²) >= 11 is 6.10. The highest BCUT2D eigenvalue weighted by molar-refractivity contribution is 6.20. The molecule has 90 valence electrons. The Hall–Kier alpha value is -1.22. The van der Waals surface area contributed by atoms with E-state index in [1.165, 1.54) is 0 Å². The Balaban J connectivity index is 1.72. The van der Waals surface area contributed by atoms with E-state index in [1.54, 1.807) is 0 Å². The van der Waals surface area contributed by atoms with Crippen LogP contribution in [0.4, 0.5) is 5.95 Å². The SMILES string of the molecule is ClC1CCC(Nc2nc3ccccc3[nH]2)CC1. The maximum atomic E-state index is 6.10. The molecule has 1 saturated carbocycles. The molecule has 0 unspecified atom stereocenters. The number of benzene rings is 1. The van der Waals surface area contributed by atoms with Crippen LogP contribution in [0.15, 0.2) is 24.3 Å². The Morgan fingerprint density at radius 1 is 1.18 bits per heavy atom. The van der Waals surface area contributed by atoms with Crippen LogP contribution in [0.5, 0.6) is 0 Å². The lowest BCUT2D eigenvalue weighted by atomic mass is 9.95. The number of alkyl halides is 1. The Kier molecular flexibility index (Phi) is 2.93. The molecule has 17 heavy (non-hydrogen) atoms. The topological polar surface area (TPSA) is 40.7 Å². The zero-order chi connectivity index (χ0) is 11.7. The predicted molar refractivity (Wildman–Crippen MR) is 71.6 cm³/mol. The zero-order valence-corrected chi connectivity index (χ0v) is 10.4. The van der Waals surface area contributed by atoms with Crippen molar-refractivity contribution < 1.29 is 0 Å². The van der Waals surface area contributed by atoms with Crippen LogP contribution in [0, 0.1) is 0 Å². The summed E-state index contributed by atoms with van der Waals surface area (Å²) in [4.78, 5) is 7.83. The van der Waals surface area contributed by atoms with Gasteiger partial charge in [0.1, 0.15) is 0 Å². The molecule has 3 rings (SSSR count). The van der Waals surface area contributed by atoms with Crippen molar-refractivity contribution in [3.8, 4) is 0 Å². The first-order chi connectivity index (χ1) is 8.31. The molecule has 0 atom stereocenters. The van der Waals surface area contributed by atoms with Gasteiger partial charge in [0, 0.05) is 11.4 Å². The molecule has 1 fully saturated rings. The number of hydrogen-bond donors (Lipinski definition) is 2. The van der Waals surface area contributed by atoms with Crippen molar-refractivity contribution in [3.05, 3.63) is 24.3 Å². The third-order valence-corrected chi connectivity index (χ3v) is 3.82. The zero-order valence-electron chi connectivity index (χ0n) is 9.62. The third kappa shape index (κ3) is 2.39. The van der Waals surface area contributed by atoms with Gasteiger partial charge in [-0.15, -0.1) is 11.6 Å². The number of H-pyrrole nitrogens is 1. The minimum atomic E-state index is 0.365. The fourth-order valence-electron chi connectivity index (χ4n) is 2.41. The van der Waals surface area contributed by atoms with E-state index < -0.39 is 0 Å². The van der Waals surface area contributed by atoms with E-state index in [9.17, 15) is 0 Å². The number of fused-ring (bicyclic) bond motifs is 1. The number of halogens is 1. The maximum absolute atomic E-state index is 6.10. The summed E-state index contributed by atoms with van der Waals surface area (Å²) < 4.78 is 0. The van der Waals surface area contributed by atoms with Gasteiger partial charge in [0.15, 0.2) is 0 Å². The number of imidazole rings is 1. The fraction of sp³-hybridized carbons (Fsp3) is 0.462. The van der Waals surface area contributed by atoms with Gasteiger partial charge < -0.3 is 10.3 Å². The molecular formula is C13H16ClN3. The number of para-hydroxylation sites is 2. The summed E-state index contributed by atoms with van der Waals surface area (Å²) in [7, 11) is 0. The smallest absolute Gasteiger partial charge is 0.201 e. The molecule has 2 aromatic rings. The minimum absolute atomic E-state index is 0.365. The Morgan fingerprint density at radius 3 is 2.71 bits per heavy atom.